The van der Waals surface area contributed by atoms with E-state index in [1.807, 2.05) is 0 Å². The van der Waals surface area contributed by atoms with E-state index in [1.54, 1.807) is 0 Å². The van der Waals surface area contributed by atoms with Gasteiger partial charge in [0.25, 0.3) is 0 Å². The second-order valence-corrected chi connectivity index (χ2v) is 5.18. The Morgan fingerprint density at radius 1 is 0.909 bits per heavy atom. The van der Waals surface area contributed by atoms with Gasteiger partial charge in [0.05, 0.1) is 28.3 Å². The first-order valence-corrected chi connectivity index (χ1v) is 5.52. The molecule has 0 aromatic carbocycles. The van der Waals surface area contributed by atoms with Crippen molar-refractivity contribution in [1.29, 1.82) is 0 Å². The number of halogens is 1. The zero-order chi connectivity index (χ0) is 7.42. The molecule has 4 saturated heterocycles. The van der Waals surface area contributed by atoms with Crippen LogP contribution in [-0.2, 0) is 9.47 Å². The van der Waals surface area contributed by atoms with Crippen LogP contribution in [0.25, 0.3) is 0 Å². The van der Waals surface area contributed by atoms with Crippen molar-refractivity contribution in [1.82, 2.24) is 0 Å². The van der Waals surface area contributed by atoms with Gasteiger partial charge in [-0.05, 0) is 6.42 Å². The quantitative estimate of drug-likeness (QED) is 0.488. The van der Waals surface area contributed by atoms with Gasteiger partial charge in [-0.2, -0.15) is 0 Å². The highest BCUT2D eigenvalue weighted by molar-refractivity contribution is 14.1. The molecule has 0 N–H and O–H groups in total. The third kappa shape index (κ3) is 0.971. The molecule has 4 aliphatic rings. The summed E-state index contributed by atoms with van der Waals surface area (Å²) in [6, 6.07) is 0. The summed E-state index contributed by atoms with van der Waals surface area (Å²) in [6.45, 7) is 0. The minimum absolute atomic E-state index is 0.506. The highest BCUT2D eigenvalue weighted by atomic mass is 127. The van der Waals surface area contributed by atoms with E-state index < -0.39 is 0 Å². The van der Waals surface area contributed by atoms with Gasteiger partial charge in [-0.25, -0.2) is 0 Å². The zero-order valence-corrected chi connectivity index (χ0v) is 8.36. The van der Waals surface area contributed by atoms with E-state index in [0.29, 0.717) is 28.3 Å². The van der Waals surface area contributed by atoms with Crippen LogP contribution in [0.15, 0.2) is 0 Å². The van der Waals surface area contributed by atoms with Gasteiger partial charge in [-0.1, -0.05) is 22.6 Å². The first-order chi connectivity index (χ1) is 5.33. The summed E-state index contributed by atoms with van der Waals surface area (Å²) in [6.07, 6.45) is 5.50. The second kappa shape index (κ2) is 2.33. The molecule has 4 rings (SSSR count). The van der Waals surface area contributed by atoms with Gasteiger partial charge in [0.2, 0.25) is 0 Å². The maximum absolute atomic E-state index is 5.85. The Labute approximate surface area is 79.8 Å². The molecule has 4 bridgehead atoms. The first-order valence-electron chi connectivity index (χ1n) is 4.28. The van der Waals surface area contributed by atoms with Gasteiger partial charge in [0.15, 0.2) is 0 Å². The molecule has 4 unspecified atom stereocenters. The molecule has 0 spiro atoms. The Morgan fingerprint density at radius 2 is 1.45 bits per heavy atom. The lowest BCUT2D eigenvalue weighted by molar-refractivity contribution is -0.230. The average Bonchev–Trinajstić information content (AvgIpc) is 1.98. The molecule has 4 aliphatic heterocycles. The van der Waals surface area contributed by atoms with Crippen LogP contribution in [0.4, 0.5) is 0 Å². The minimum Gasteiger partial charge on any atom is -0.373 e. The van der Waals surface area contributed by atoms with Gasteiger partial charge < -0.3 is 9.47 Å². The van der Waals surface area contributed by atoms with Crippen LogP contribution < -0.4 is 0 Å². The zero-order valence-electron chi connectivity index (χ0n) is 6.20. The van der Waals surface area contributed by atoms with Crippen LogP contribution in [0.3, 0.4) is 0 Å². The van der Waals surface area contributed by atoms with E-state index >= 15 is 0 Å². The molecule has 2 nitrogen and oxygen atoms in total. The topological polar surface area (TPSA) is 18.5 Å². The van der Waals surface area contributed by atoms with Crippen LogP contribution >= 0.6 is 22.6 Å². The lowest BCUT2D eigenvalue weighted by Gasteiger charge is -2.52. The number of hydrogen-bond acceptors (Lipinski definition) is 2. The fourth-order valence-electron chi connectivity index (χ4n) is 2.48. The molecule has 0 amide bonds. The van der Waals surface area contributed by atoms with E-state index in [-0.39, 0.29) is 0 Å². The molecule has 0 aromatic rings. The van der Waals surface area contributed by atoms with Crippen LogP contribution in [-0.4, -0.2) is 28.3 Å². The molecule has 4 heterocycles. The predicted octanol–water partition coefficient (Wildman–Crippen LogP) is 1.51. The van der Waals surface area contributed by atoms with Crippen molar-refractivity contribution >= 4 is 22.6 Å². The molecule has 0 saturated carbocycles. The lowest BCUT2D eigenvalue weighted by Crippen LogP contribution is -2.58. The fourth-order valence-corrected chi connectivity index (χ4v) is 3.41. The van der Waals surface area contributed by atoms with Crippen LogP contribution in [0.2, 0.25) is 0 Å². The summed E-state index contributed by atoms with van der Waals surface area (Å²) < 4.78 is 12.3. The maximum Gasteiger partial charge on any atom is 0.0746 e. The predicted molar refractivity (Wildman–Crippen MR) is 49.0 cm³/mol. The monoisotopic (exact) mass is 266 g/mol. The highest BCUT2D eigenvalue weighted by Gasteiger charge is 2.49. The van der Waals surface area contributed by atoms with Crippen molar-refractivity contribution in [2.45, 2.75) is 47.6 Å². The van der Waals surface area contributed by atoms with Gasteiger partial charge in [0.1, 0.15) is 0 Å². The molecule has 62 valence electrons. The molecule has 0 aromatic heterocycles. The lowest BCUT2D eigenvalue weighted by atomic mass is 9.84. The SMILES string of the molecule is IC1C2CC3CC(CC1O3)O2. The van der Waals surface area contributed by atoms with Crippen LogP contribution in [0.1, 0.15) is 19.3 Å². The van der Waals surface area contributed by atoms with Gasteiger partial charge in [-0.3, -0.25) is 0 Å². The second-order valence-electron chi connectivity index (χ2n) is 3.74. The smallest absolute Gasteiger partial charge is 0.0746 e. The van der Waals surface area contributed by atoms with E-state index in [1.165, 1.54) is 0 Å². The summed E-state index contributed by atoms with van der Waals surface area (Å²) >= 11 is 2.48. The number of rotatable bonds is 0. The first kappa shape index (κ1) is 7.09. The van der Waals surface area contributed by atoms with E-state index in [0.717, 1.165) is 19.3 Å². The Bertz CT molecular complexity index is 155. The third-order valence-corrected chi connectivity index (χ3v) is 4.57. The molecule has 3 heteroatoms. The van der Waals surface area contributed by atoms with E-state index in [4.69, 9.17) is 9.47 Å². The van der Waals surface area contributed by atoms with Gasteiger partial charge >= 0.3 is 0 Å². The van der Waals surface area contributed by atoms with Crippen molar-refractivity contribution in [2.24, 2.45) is 0 Å². The molecular formula is C8H11IO2. The van der Waals surface area contributed by atoms with E-state index in [2.05, 4.69) is 22.6 Å². The van der Waals surface area contributed by atoms with Crippen LogP contribution in [0, 0.1) is 0 Å². The summed E-state index contributed by atoms with van der Waals surface area (Å²) in [5.74, 6) is 0. The number of hydrogen-bond donors (Lipinski definition) is 0. The van der Waals surface area contributed by atoms with Crippen molar-refractivity contribution in [3.63, 3.8) is 0 Å². The normalized spacial score (nSPS) is 60.3. The Kier molecular flexibility index (Phi) is 1.50. The van der Waals surface area contributed by atoms with Gasteiger partial charge in [-0.15, -0.1) is 0 Å². The maximum atomic E-state index is 5.85. The summed E-state index contributed by atoms with van der Waals surface area (Å²) in [5.41, 5.74) is 0. The van der Waals surface area contributed by atoms with Gasteiger partial charge in [0, 0.05) is 12.8 Å². The number of alkyl halides is 1. The summed E-state index contributed by atoms with van der Waals surface area (Å²) in [4.78, 5) is 0. The Morgan fingerprint density at radius 3 is 2.00 bits per heavy atom. The molecule has 0 aliphatic carbocycles. The fraction of sp³-hybridized carbons (Fsp3) is 1.00. The van der Waals surface area contributed by atoms with E-state index in [9.17, 15) is 0 Å². The largest absolute Gasteiger partial charge is 0.373 e. The standard InChI is InChI=1S/C8H11IO2/c9-8-6-2-4-1-5(11-6)3-7(8)10-4/h4-8H,1-3H2. The molecular weight excluding hydrogens is 255 g/mol. The van der Waals surface area contributed by atoms with Crippen LogP contribution in [0.5, 0.6) is 0 Å². The molecule has 11 heavy (non-hydrogen) atoms. The number of ether oxygens (including phenoxy) is 2. The molecule has 4 fully saturated rings. The Balaban J connectivity index is 1.91. The average molecular weight is 266 g/mol. The van der Waals surface area contributed by atoms with Crippen molar-refractivity contribution in [3.8, 4) is 0 Å². The highest BCUT2D eigenvalue weighted by Crippen LogP contribution is 2.43. The minimum atomic E-state index is 0.506. The van der Waals surface area contributed by atoms with Crippen molar-refractivity contribution in [2.75, 3.05) is 0 Å². The Hall–Kier alpha value is 0.650. The summed E-state index contributed by atoms with van der Waals surface area (Å²) in [7, 11) is 0. The van der Waals surface area contributed by atoms with Crippen molar-refractivity contribution in [3.05, 3.63) is 0 Å². The summed E-state index contributed by atoms with van der Waals surface area (Å²) in [5, 5.41) is 0. The molecule has 4 atom stereocenters. The molecule has 0 radical (unpaired) electrons. The van der Waals surface area contributed by atoms with Crippen molar-refractivity contribution < 1.29 is 9.47 Å². The third-order valence-electron chi connectivity index (χ3n) is 2.96.